The highest BCUT2D eigenvalue weighted by Gasteiger charge is 2.20. The summed E-state index contributed by atoms with van der Waals surface area (Å²) < 4.78 is 5.49. The SMILES string of the molecule is Cc1ccc(C(=O)NCCOCC2CC2)cc1C#CCN. The number of nitrogens with one attached hydrogen (secondary N) is 1. The van der Waals surface area contributed by atoms with E-state index >= 15 is 0 Å². The summed E-state index contributed by atoms with van der Waals surface area (Å²) in [5.41, 5.74) is 7.88. The molecule has 2 rings (SSSR count). The first-order valence-electron chi connectivity index (χ1n) is 7.36. The van der Waals surface area contributed by atoms with Gasteiger partial charge in [0.2, 0.25) is 0 Å². The van der Waals surface area contributed by atoms with Crippen molar-refractivity contribution in [2.75, 3.05) is 26.3 Å². The summed E-state index contributed by atoms with van der Waals surface area (Å²) in [5.74, 6) is 6.45. The third-order valence-corrected chi connectivity index (χ3v) is 3.41. The molecule has 0 aliphatic heterocycles. The van der Waals surface area contributed by atoms with Crippen LogP contribution in [0.2, 0.25) is 0 Å². The Morgan fingerprint density at radius 1 is 1.48 bits per heavy atom. The fourth-order valence-electron chi connectivity index (χ4n) is 1.92. The van der Waals surface area contributed by atoms with Gasteiger partial charge in [0.1, 0.15) is 0 Å². The van der Waals surface area contributed by atoms with Crippen molar-refractivity contribution in [3.8, 4) is 11.8 Å². The maximum Gasteiger partial charge on any atom is 0.251 e. The van der Waals surface area contributed by atoms with Gasteiger partial charge in [-0.05, 0) is 43.4 Å². The van der Waals surface area contributed by atoms with Crippen molar-refractivity contribution in [2.45, 2.75) is 19.8 Å². The van der Waals surface area contributed by atoms with Crippen LogP contribution in [0.1, 0.15) is 34.3 Å². The first kappa shape index (κ1) is 15.6. The molecule has 4 heteroatoms. The quantitative estimate of drug-likeness (QED) is 0.615. The molecule has 0 saturated heterocycles. The zero-order valence-corrected chi connectivity index (χ0v) is 12.4. The van der Waals surface area contributed by atoms with E-state index in [1.54, 1.807) is 6.07 Å². The van der Waals surface area contributed by atoms with Crippen molar-refractivity contribution in [1.82, 2.24) is 5.32 Å². The van der Waals surface area contributed by atoms with E-state index in [0.29, 0.717) is 25.3 Å². The Labute approximate surface area is 126 Å². The lowest BCUT2D eigenvalue weighted by atomic mass is 10.0. The highest BCUT2D eigenvalue weighted by molar-refractivity contribution is 5.94. The normalized spacial score (nSPS) is 13.4. The van der Waals surface area contributed by atoms with Crippen molar-refractivity contribution in [1.29, 1.82) is 0 Å². The van der Waals surface area contributed by atoms with Crippen molar-refractivity contribution in [2.24, 2.45) is 11.7 Å². The van der Waals surface area contributed by atoms with Crippen LogP contribution in [0, 0.1) is 24.7 Å². The Kier molecular flexibility index (Phi) is 5.79. The van der Waals surface area contributed by atoms with Gasteiger partial charge in [-0.3, -0.25) is 4.79 Å². The lowest BCUT2D eigenvalue weighted by Crippen LogP contribution is -2.27. The molecule has 1 aliphatic rings. The molecule has 3 N–H and O–H groups in total. The molecule has 1 aromatic rings. The topological polar surface area (TPSA) is 64.3 Å². The second-order valence-electron chi connectivity index (χ2n) is 5.31. The highest BCUT2D eigenvalue weighted by Crippen LogP contribution is 2.28. The van der Waals surface area contributed by atoms with Gasteiger partial charge in [-0.25, -0.2) is 0 Å². The monoisotopic (exact) mass is 286 g/mol. The fraction of sp³-hybridized carbons (Fsp3) is 0.471. The number of carbonyl (C=O) groups excluding carboxylic acids is 1. The molecule has 0 unspecified atom stereocenters. The lowest BCUT2D eigenvalue weighted by Gasteiger charge is -2.07. The van der Waals surface area contributed by atoms with Gasteiger partial charge in [-0.1, -0.05) is 17.9 Å². The standard InChI is InChI=1S/C17H22N2O2/c1-13-4-7-16(11-15(13)3-2-8-18)17(20)19-9-10-21-12-14-5-6-14/h4,7,11,14H,5-6,8-10,12,18H2,1H3,(H,19,20). The van der Waals surface area contributed by atoms with Crippen molar-refractivity contribution < 1.29 is 9.53 Å². The van der Waals surface area contributed by atoms with E-state index in [0.717, 1.165) is 23.7 Å². The van der Waals surface area contributed by atoms with E-state index in [4.69, 9.17) is 10.5 Å². The summed E-state index contributed by atoms with van der Waals surface area (Å²) in [5, 5.41) is 2.86. The average molecular weight is 286 g/mol. The summed E-state index contributed by atoms with van der Waals surface area (Å²) in [4.78, 5) is 12.1. The summed E-state index contributed by atoms with van der Waals surface area (Å²) in [6.07, 6.45) is 2.56. The predicted molar refractivity (Wildman–Crippen MR) is 83.0 cm³/mol. The smallest absolute Gasteiger partial charge is 0.251 e. The Bertz CT molecular complexity index is 554. The van der Waals surface area contributed by atoms with E-state index in [9.17, 15) is 4.79 Å². The van der Waals surface area contributed by atoms with Crippen molar-refractivity contribution >= 4 is 5.91 Å². The van der Waals surface area contributed by atoms with Crippen LogP contribution in [0.4, 0.5) is 0 Å². The molecule has 0 atom stereocenters. The Morgan fingerprint density at radius 2 is 2.29 bits per heavy atom. The van der Waals surface area contributed by atoms with E-state index in [-0.39, 0.29) is 5.91 Å². The minimum absolute atomic E-state index is 0.0965. The molecule has 21 heavy (non-hydrogen) atoms. The summed E-state index contributed by atoms with van der Waals surface area (Å²) >= 11 is 0. The van der Waals surface area contributed by atoms with Gasteiger partial charge < -0.3 is 15.8 Å². The number of hydrogen-bond acceptors (Lipinski definition) is 3. The Hall–Kier alpha value is -1.83. The number of aryl methyl sites for hydroxylation is 1. The van der Waals surface area contributed by atoms with Crippen LogP contribution >= 0.6 is 0 Å². The molecule has 112 valence electrons. The van der Waals surface area contributed by atoms with Gasteiger partial charge in [0.15, 0.2) is 0 Å². The van der Waals surface area contributed by atoms with E-state index in [1.807, 2.05) is 19.1 Å². The van der Waals surface area contributed by atoms with Crippen LogP contribution in [-0.4, -0.2) is 32.2 Å². The first-order chi connectivity index (χ1) is 10.2. The molecule has 0 spiro atoms. The van der Waals surface area contributed by atoms with Crippen LogP contribution in [-0.2, 0) is 4.74 Å². The maximum atomic E-state index is 12.1. The maximum absolute atomic E-state index is 12.1. The minimum Gasteiger partial charge on any atom is -0.379 e. The van der Waals surface area contributed by atoms with Gasteiger partial charge in [0.25, 0.3) is 5.91 Å². The van der Waals surface area contributed by atoms with Crippen LogP contribution in [0.3, 0.4) is 0 Å². The van der Waals surface area contributed by atoms with Gasteiger partial charge in [-0.2, -0.15) is 0 Å². The molecule has 1 amide bonds. The van der Waals surface area contributed by atoms with Crippen molar-refractivity contribution in [3.05, 3.63) is 34.9 Å². The molecular formula is C17H22N2O2. The van der Waals surface area contributed by atoms with Gasteiger partial charge >= 0.3 is 0 Å². The molecule has 1 fully saturated rings. The number of rotatable bonds is 6. The minimum atomic E-state index is -0.0965. The number of amides is 1. The van der Waals surface area contributed by atoms with Gasteiger partial charge in [0, 0.05) is 24.3 Å². The number of ether oxygens (including phenoxy) is 1. The van der Waals surface area contributed by atoms with Crippen LogP contribution < -0.4 is 11.1 Å². The summed E-state index contributed by atoms with van der Waals surface area (Å²) in [6.45, 7) is 4.19. The van der Waals surface area contributed by atoms with Crippen LogP contribution in [0.25, 0.3) is 0 Å². The molecule has 1 saturated carbocycles. The van der Waals surface area contributed by atoms with Gasteiger partial charge in [0.05, 0.1) is 13.2 Å². The molecule has 0 bridgehead atoms. The van der Waals surface area contributed by atoms with Gasteiger partial charge in [-0.15, -0.1) is 0 Å². The molecular weight excluding hydrogens is 264 g/mol. The van der Waals surface area contributed by atoms with Crippen LogP contribution in [0.5, 0.6) is 0 Å². The number of nitrogens with two attached hydrogens (primary N) is 1. The molecule has 0 radical (unpaired) electrons. The van der Waals surface area contributed by atoms with E-state index in [2.05, 4.69) is 17.2 Å². The zero-order valence-electron chi connectivity index (χ0n) is 12.4. The first-order valence-corrected chi connectivity index (χ1v) is 7.36. The molecule has 0 heterocycles. The molecule has 0 aromatic heterocycles. The third-order valence-electron chi connectivity index (χ3n) is 3.41. The Balaban J connectivity index is 1.83. The fourth-order valence-corrected chi connectivity index (χ4v) is 1.92. The number of benzene rings is 1. The largest absolute Gasteiger partial charge is 0.379 e. The second kappa shape index (κ2) is 7.82. The molecule has 4 nitrogen and oxygen atoms in total. The van der Waals surface area contributed by atoms with E-state index < -0.39 is 0 Å². The van der Waals surface area contributed by atoms with Crippen molar-refractivity contribution in [3.63, 3.8) is 0 Å². The second-order valence-corrected chi connectivity index (χ2v) is 5.31. The average Bonchev–Trinajstić information content (AvgIpc) is 3.30. The predicted octanol–water partition coefficient (Wildman–Crippen LogP) is 1.46. The third kappa shape index (κ3) is 5.22. The molecule has 1 aromatic carbocycles. The summed E-state index contributed by atoms with van der Waals surface area (Å²) in [7, 11) is 0. The number of carbonyl (C=O) groups is 1. The molecule has 1 aliphatic carbocycles. The Morgan fingerprint density at radius 3 is 3.00 bits per heavy atom. The highest BCUT2D eigenvalue weighted by atomic mass is 16.5. The van der Waals surface area contributed by atoms with E-state index in [1.165, 1.54) is 12.8 Å². The summed E-state index contributed by atoms with van der Waals surface area (Å²) in [6, 6.07) is 5.51. The number of hydrogen-bond donors (Lipinski definition) is 2. The van der Waals surface area contributed by atoms with Crippen LogP contribution in [0.15, 0.2) is 18.2 Å². The zero-order chi connectivity index (χ0) is 15.1. The lowest BCUT2D eigenvalue weighted by molar-refractivity contribution is 0.0906.